The predicted octanol–water partition coefficient (Wildman–Crippen LogP) is 6.65. The van der Waals surface area contributed by atoms with Crippen molar-refractivity contribution in [1.29, 1.82) is 0 Å². The molecule has 4 nitrogen and oxygen atoms in total. The maximum Gasteiger partial charge on any atom is 0.220 e. The lowest BCUT2D eigenvalue weighted by Gasteiger charge is -2.05. The fourth-order valence-electron chi connectivity index (χ4n) is 3.39. The van der Waals surface area contributed by atoms with Gasteiger partial charge in [0.2, 0.25) is 5.91 Å². The number of aromatic nitrogens is 1. The average molecular weight is 399 g/mol. The third-order valence-corrected chi connectivity index (χ3v) is 5.33. The predicted molar refractivity (Wildman–Crippen MR) is 120 cm³/mol. The second-order valence-electron chi connectivity index (χ2n) is 8.22. The van der Waals surface area contributed by atoms with Gasteiger partial charge in [0, 0.05) is 24.9 Å². The number of nitrogens with zero attached hydrogens (tertiary/aromatic N) is 1. The zero-order chi connectivity index (χ0) is 20.9. The van der Waals surface area contributed by atoms with E-state index in [4.69, 9.17) is 4.42 Å². The first-order chi connectivity index (χ1) is 14.1. The maximum atomic E-state index is 12.0. The van der Waals surface area contributed by atoms with Crippen LogP contribution in [0.25, 0.3) is 11.3 Å². The maximum absolute atomic E-state index is 12.0. The highest BCUT2D eigenvalue weighted by Gasteiger charge is 2.09. The van der Waals surface area contributed by atoms with E-state index in [1.165, 1.54) is 50.5 Å². The number of hydrogen-bond acceptors (Lipinski definition) is 3. The molecule has 160 valence electrons. The van der Waals surface area contributed by atoms with Gasteiger partial charge in [0.05, 0.1) is 6.20 Å². The topological polar surface area (TPSA) is 55.1 Å². The van der Waals surface area contributed by atoms with Crippen molar-refractivity contribution in [2.45, 2.75) is 90.9 Å². The molecule has 1 N–H and O–H groups in total. The SMILES string of the molecule is CCCCCCCCCCNC(=O)CCc1ncc(-c2ccc(C(C)C)cc2)o1. The molecule has 0 atom stereocenters. The second-order valence-corrected chi connectivity index (χ2v) is 8.22. The van der Waals surface area contributed by atoms with Crippen LogP contribution >= 0.6 is 0 Å². The second kappa shape index (κ2) is 13.2. The molecule has 2 aromatic rings. The quantitative estimate of drug-likeness (QED) is 0.362. The first-order valence-electron chi connectivity index (χ1n) is 11.4. The van der Waals surface area contributed by atoms with Gasteiger partial charge < -0.3 is 9.73 Å². The molecule has 1 aromatic carbocycles. The van der Waals surface area contributed by atoms with Crippen molar-refractivity contribution in [3.8, 4) is 11.3 Å². The standard InChI is InChI=1S/C25H38N2O2/c1-4-5-6-7-8-9-10-11-18-26-24(28)16-17-25-27-19-23(29-25)22-14-12-21(13-15-22)20(2)3/h12-15,19-20H,4-11,16-18H2,1-3H3,(H,26,28). The number of carbonyl (C=O) groups excluding carboxylic acids is 1. The summed E-state index contributed by atoms with van der Waals surface area (Å²) in [6.45, 7) is 7.38. The number of hydrogen-bond donors (Lipinski definition) is 1. The van der Waals surface area contributed by atoms with Crippen LogP contribution in [0.1, 0.15) is 95.9 Å². The van der Waals surface area contributed by atoms with E-state index < -0.39 is 0 Å². The summed E-state index contributed by atoms with van der Waals surface area (Å²) in [4.78, 5) is 16.3. The van der Waals surface area contributed by atoms with Gasteiger partial charge >= 0.3 is 0 Å². The van der Waals surface area contributed by atoms with Gasteiger partial charge in [0.1, 0.15) is 0 Å². The summed E-state index contributed by atoms with van der Waals surface area (Å²) in [5.41, 5.74) is 2.33. The molecule has 0 saturated heterocycles. The summed E-state index contributed by atoms with van der Waals surface area (Å²) in [6.07, 6.45) is 12.9. The van der Waals surface area contributed by atoms with Gasteiger partial charge in [-0.3, -0.25) is 4.79 Å². The first kappa shape index (κ1) is 23.2. The molecule has 0 bridgehead atoms. The lowest BCUT2D eigenvalue weighted by atomic mass is 10.0. The summed E-state index contributed by atoms with van der Waals surface area (Å²) in [6, 6.07) is 8.38. The third-order valence-electron chi connectivity index (χ3n) is 5.33. The molecule has 2 rings (SSSR count). The number of oxazole rings is 1. The summed E-state index contributed by atoms with van der Waals surface area (Å²) < 4.78 is 5.83. The molecule has 29 heavy (non-hydrogen) atoms. The Morgan fingerprint density at radius 2 is 1.66 bits per heavy atom. The molecule has 1 aromatic heterocycles. The number of benzene rings is 1. The molecule has 4 heteroatoms. The van der Waals surface area contributed by atoms with E-state index in [0.29, 0.717) is 24.7 Å². The molecule has 0 spiro atoms. The van der Waals surface area contributed by atoms with E-state index in [1.807, 2.05) is 0 Å². The van der Waals surface area contributed by atoms with Crippen molar-refractivity contribution < 1.29 is 9.21 Å². The average Bonchev–Trinajstić information content (AvgIpc) is 3.20. The highest BCUT2D eigenvalue weighted by Crippen LogP contribution is 2.23. The van der Waals surface area contributed by atoms with E-state index >= 15 is 0 Å². The van der Waals surface area contributed by atoms with E-state index in [0.717, 1.165) is 24.3 Å². The first-order valence-corrected chi connectivity index (χ1v) is 11.4. The largest absolute Gasteiger partial charge is 0.441 e. The van der Waals surface area contributed by atoms with Gasteiger partial charge in [-0.25, -0.2) is 4.98 Å². The monoisotopic (exact) mass is 398 g/mol. The van der Waals surface area contributed by atoms with Gasteiger partial charge in [0.25, 0.3) is 0 Å². The van der Waals surface area contributed by atoms with Crippen LogP contribution in [-0.2, 0) is 11.2 Å². The molecular weight excluding hydrogens is 360 g/mol. The lowest BCUT2D eigenvalue weighted by Crippen LogP contribution is -2.24. The van der Waals surface area contributed by atoms with Crippen molar-refractivity contribution in [2.75, 3.05) is 6.54 Å². The van der Waals surface area contributed by atoms with Crippen LogP contribution in [0.5, 0.6) is 0 Å². The van der Waals surface area contributed by atoms with Crippen molar-refractivity contribution >= 4 is 5.91 Å². The van der Waals surface area contributed by atoms with E-state index in [-0.39, 0.29) is 5.91 Å². The molecule has 0 unspecified atom stereocenters. The van der Waals surface area contributed by atoms with Gasteiger partial charge in [-0.1, -0.05) is 90.0 Å². The smallest absolute Gasteiger partial charge is 0.220 e. The van der Waals surface area contributed by atoms with Crippen LogP contribution in [-0.4, -0.2) is 17.4 Å². The van der Waals surface area contributed by atoms with Crippen LogP contribution in [0.3, 0.4) is 0 Å². The normalized spacial score (nSPS) is 11.2. The molecule has 0 radical (unpaired) electrons. The molecule has 1 heterocycles. The Morgan fingerprint density at radius 1 is 1.00 bits per heavy atom. The number of amides is 1. The fraction of sp³-hybridized carbons (Fsp3) is 0.600. The minimum absolute atomic E-state index is 0.0778. The van der Waals surface area contributed by atoms with Gasteiger partial charge in [-0.2, -0.15) is 0 Å². The Kier molecular flexibility index (Phi) is 10.5. The minimum Gasteiger partial charge on any atom is -0.441 e. The molecule has 1 amide bonds. The van der Waals surface area contributed by atoms with Gasteiger partial charge in [0.15, 0.2) is 11.7 Å². The van der Waals surface area contributed by atoms with Crippen LogP contribution in [0.4, 0.5) is 0 Å². The zero-order valence-electron chi connectivity index (χ0n) is 18.5. The third kappa shape index (κ3) is 8.84. The van der Waals surface area contributed by atoms with Crippen molar-refractivity contribution in [2.24, 2.45) is 0 Å². The Labute approximate surface area is 176 Å². The van der Waals surface area contributed by atoms with Crippen molar-refractivity contribution in [1.82, 2.24) is 10.3 Å². The molecule has 0 aliphatic rings. The Bertz CT molecular complexity index is 704. The van der Waals surface area contributed by atoms with Gasteiger partial charge in [-0.15, -0.1) is 0 Å². The Hall–Kier alpha value is -2.10. The summed E-state index contributed by atoms with van der Waals surface area (Å²) >= 11 is 0. The fourth-order valence-corrected chi connectivity index (χ4v) is 3.39. The van der Waals surface area contributed by atoms with Crippen LogP contribution in [0.15, 0.2) is 34.9 Å². The highest BCUT2D eigenvalue weighted by molar-refractivity contribution is 5.76. The Morgan fingerprint density at radius 3 is 2.31 bits per heavy atom. The molecule has 0 saturated carbocycles. The molecule has 0 aliphatic heterocycles. The minimum atomic E-state index is 0.0778. The molecule has 0 aliphatic carbocycles. The number of nitrogens with one attached hydrogen (secondary N) is 1. The van der Waals surface area contributed by atoms with Crippen molar-refractivity contribution in [3.05, 3.63) is 41.9 Å². The van der Waals surface area contributed by atoms with Crippen LogP contribution in [0, 0.1) is 0 Å². The van der Waals surface area contributed by atoms with E-state index in [2.05, 4.69) is 55.3 Å². The summed E-state index contributed by atoms with van der Waals surface area (Å²) in [7, 11) is 0. The van der Waals surface area contributed by atoms with E-state index in [1.54, 1.807) is 6.20 Å². The lowest BCUT2D eigenvalue weighted by molar-refractivity contribution is -0.121. The van der Waals surface area contributed by atoms with Gasteiger partial charge in [-0.05, 0) is 17.9 Å². The molecular formula is C25H38N2O2. The number of unbranched alkanes of at least 4 members (excludes halogenated alkanes) is 7. The summed E-state index contributed by atoms with van der Waals surface area (Å²) in [5.74, 6) is 1.97. The zero-order valence-corrected chi connectivity index (χ0v) is 18.5. The number of carbonyl (C=O) groups is 1. The van der Waals surface area contributed by atoms with E-state index in [9.17, 15) is 4.79 Å². The Balaban J connectivity index is 1.61. The number of rotatable bonds is 14. The van der Waals surface area contributed by atoms with Crippen LogP contribution < -0.4 is 5.32 Å². The highest BCUT2D eigenvalue weighted by atomic mass is 16.4. The van der Waals surface area contributed by atoms with Crippen LogP contribution in [0.2, 0.25) is 0 Å². The molecule has 0 fully saturated rings. The summed E-state index contributed by atoms with van der Waals surface area (Å²) in [5, 5.41) is 3.01. The van der Waals surface area contributed by atoms with Crippen molar-refractivity contribution in [3.63, 3.8) is 0 Å². The number of aryl methyl sites for hydroxylation is 1.